The van der Waals surface area contributed by atoms with Crippen LogP contribution in [0.15, 0.2) is 24.3 Å². The molecule has 0 aromatic heterocycles. The van der Waals surface area contributed by atoms with Gasteiger partial charge in [0.05, 0.1) is 0 Å². The van der Waals surface area contributed by atoms with Crippen molar-refractivity contribution in [2.24, 2.45) is 5.92 Å². The van der Waals surface area contributed by atoms with Crippen molar-refractivity contribution < 1.29 is 9.59 Å². The highest BCUT2D eigenvalue weighted by molar-refractivity contribution is 5.87. The van der Waals surface area contributed by atoms with Gasteiger partial charge < -0.3 is 10.2 Å². The minimum atomic E-state index is -0.423. The molecule has 142 valence electrons. The Bertz CT molecular complexity index is 616. The first kappa shape index (κ1) is 18.9. The van der Waals surface area contributed by atoms with Gasteiger partial charge in [-0.3, -0.25) is 9.59 Å². The second-order valence-corrected chi connectivity index (χ2v) is 8.01. The Labute approximate surface area is 157 Å². The Morgan fingerprint density at radius 2 is 1.69 bits per heavy atom. The summed E-state index contributed by atoms with van der Waals surface area (Å²) in [6.07, 6.45) is 8.38. The lowest BCUT2D eigenvalue weighted by molar-refractivity contribution is -0.141. The predicted molar refractivity (Wildman–Crippen MR) is 104 cm³/mol. The van der Waals surface area contributed by atoms with E-state index in [4.69, 9.17) is 0 Å². The number of amides is 2. The van der Waals surface area contributed by atoms with E-state index < -0.39 is 6.04 Å². The SMILES string of the molecule is CCc1ccc(CN(C(=O)CC2CC2)C(C)C(=O)NC2CCCC2)cc1. The fourth-order valence-electron chi connectivity index (χ4n) is 3.74. The number of carbonyl (C=O) groups is 2. The Kier molecular flexibility index (Phi) is 6.33. The zero-order valence-corrected chi connectivity index (χ0v) is 16.2. The number of aryl methyl sites for hydroxylation is 1. The van der Waals surface area contributed by atoms with Crippen LogP contribution >= 0.6 is 0 Å². The molecule has 0 radical (unpaired) electrons. The van der Waals surface area contributed by atoms with Crippen LogP contribution in [0.3, 0.4) is 0 Å². The molecule has 1 aromatic carbocycles. The Morgan fingerprint density at radius 3 is 2.27 bits per heavy atom. The highest BCUT2D eigenvalue weighted by Gasteiger charge is 2.32. The summed E-state index contributed by atoms with van der Waals surface area (Å²) >= 11 is 0. The van der Waals surface area contributed by atoms with E-state index in [1.54, 1.807) is 4.90 Å². The van der Waals surface area contributed by atoms with E-state index in [-0.39, 0.29) is 17.9 Å². The van der Waals surface area contributed by atoms with Crippen molar-refractivity contribution in [2.45, 2.75) is 83.8 Å². The van der Waals surface area contributed by atoms with Gasteiger partial charge in [0.2, 0.25) is 11.8 Å². The van der Waals surface area contributed by atoms with Gasteiger partial charge in [-0.25, -0.2) is 0 Å². The van der Waals surface area contributed by atoms with E-state index in [1.165, 1.54) is 18.4 Å². The van der Waals surface area contributed by atoms with E-state index in [9.17, 15) is 9.59 Å². The molecule has 4 heteroatoms. The van der Waals surface area contributed by atoms with Crippen LogP contribution in [0.1, 0.15) is 69.9 Å². The van der Waals surface area contributed by atoms with Crippen LogP contribution < -0.4 is 5.32 Å². The number of hydrogen-bond acceptors (Lipinski definition) is 2. The minimum Gasteiger partial charge on any atom is -0.352 e. The van der Waals surface area contributed by atoms with Gasteiger partial charge in [0, 0.05) is 19.0 Å². The van der Waals surface area contributed by atoms with Gasteiger partial charge in [-0.05, 0) is 56.1 Å². The van der Waals surface area contributed by atoms with Crippen molar-refractivity contribution in [1.82, 2.24) is 10.2 Å². The van der Waals surface area contributed by atoms with Crippen molar-refractivity contribution in [1.29, 1.82) is 0 Å². The van der Waals surface area contributed by atoms with Crippen molar-refractivity contribution >= 4 is 11.8 Å². The third-order valence-electron chi connectivity index (χ3n) is 5.81. The van der Waals surface area contributed by atoms with Crippen LogP contribution in [0.5, 0.6) is 0 Å². The standard InChI is InChI=1S/C22H32N2O2/c1-3-17-8-12-19(13-9-17)15-24(21(25)14-18-10-11-18)16(2)22(26)23-20-6-4-5-7-20/h8-9,12-13,16,18,20H,3-7,10-11,14-15H2,1-2H3,(H,23,26). The molecule has 0 heterocycles. The maximum Gasteiger partial charge on any atom is 0.242 e. The molecule has 0 bridgehead atoms. The quantitative estimate of drug-likeness (QED) is 0.770. The predicted octanol–water partition coefficient (Wildman–Crippen LogP) is 3.83. The highest BCUT2D eigenvalue weighted by atomic mass is 16.2. The molecule has 1 unspecified atom stereocenters. The number of nitrogens with zero attached hydrogens (tertiary/aromatic N) is 1. The minimum absolute atomic E-state index is 0.00812. The smallest absolute Gasteiger partial charge is 0.242 e. The Hall–Kier alpha value is -1.84. The normalized spacial score (nSPS) is 18.5. The fourth-order valence-corrected chi connectivity index (χ4v) is 3.74. The molecule has 1 aromatic rings. The summed E-state index contributed by atoms with van der Waals surface area (Å²) in [5.74, 6) is 0.630. The molecule has 26 heavy (non-hydrogen) atoms. The average molecular weight is 357 g/mol. The van der Waals surface area contributed by atoms with Crippen molar-refractivity contribution in [3.8, 4) is 0 Å². The molecule has 0 aliphatic heterocycles. The van der Waals surface area contributed by atoms with Crippen LogP contribution in [0.25, 0.3) is 0 Å². The molecule has 1 atom stereocenters. The van der Waals surface area contributed by atoms with E-state index in [0.29, 0.717) is 18.9 Å². The van der Waals surface area contributed by atoms with Gasteiger partial charge in [0.15, 0.2) is 0 Å². The summed E-state index contributed by atoms with van der Waals surface area (Å²) in [7, 11) is 0. The van der Waals surface area contributed by atoms with Crippen LogP contribution in [0.4, 0.5) is 0 Å². The number of nitrogens with one attached hydrogen (secondary N) is 1. The lowest BCUT2D eigenvalue weighted by atomic mass is 10.1. The molecular weight excluding hydrogens is 324 g/mol. The molecule has 4 nitrogen and oxygen atoms in total. The van der Waals surface area contributed by atoms with Crippen LogP contribution in [-0.2, 0) is 22.6 Å². The largest absolute Gasteiger partial charge is 0.352 e. The Balaban J connectivity index is 1.67. The lowest BCUT2D eigenvalue weighted by Gasteiger charge is -2.30. The molecule has 2 fully saturated rings. The molecule has 2 aliphatic rings. The van der Waals surface area contributed by atoms with E-state index >= 15 is 0 Å². The first-order chi connectivity index (χ1) is 12.6. The maximum absolute atomic E-state index is 12.9. The van der Waals surface area contributed by atoms with Crippen LogP contribution in [-0.4, -0.2) is 28.8 Å². The zero-order chi connectivity index (χ0) is 18.5. The first-order valence-corrected chi connectivity index (χ1v) is 10.2. The van der Waals surface area contributed by atoms with Crippen molar-refractivity contribution in [3.63, 3.8) is 0 Å². The monoisotopic (exact) mass is 356 g/mol. The highest BCUT2D eigenvalue weighted by Crippen LogP contribution is 2.33. The number of carbonyl (C=O) groups excluding carboxylic acids is 2. The fraction of sp³-hybridized carbons (Fsp3) is 0.636. The third-order valence-corrected chi connectivity index (χ3v) is 5.81. The molecule has 2 saturated carbocycles. The number of benzene rings is 1. The van der Waals surface area contributed by atoms with E-state index in [1.807, 2.05) is 6.92 Å². The van der Waals surface area contributed by atoms with Crippen LogP contribution in [0.2, 0.25) is 0 Å². The van der Waals surface area contributed by atoms with Crippen molar-refractivity contribution in [3.05, 3.63) is 35.4 Å². The topological polar surface area (TPSA) is 49.4 Å². The van der Waals surface area contributed by atoms with Gasteiger partial charge in [-0.1, -0.05) is 44.0 Å². The maximum atomic E-state index is 12.9. The summed E-state index contributed by atoms with van der Waals surface area (Å²) in [4.78, 5) is 27.4. The second kappa shape index (κ2) is 8.70. The third kappa shape index (κ3) is 5.09. The molecule has 0 saturated heterocycles. The summed E-state index contributed by atoms with van der Waals surface area (Å²) in [6.45, 7) is 4.51. The molecule has 1 N–H and O–H groups in total. The molecular formula is C22H32N2O2. The first-order valence-electron chi connectivity index (χ1n) is 10.2. The van der Waals surface area contributed by atoms with Gasteiger partial charge in [0.1, 0.15) is 6.04 Å². The summed E-state index contributed by atoms with van der Waals surface area (Å²) < 4.78 is 0. The van der Waals surface area contributed by atoms with Gasteiger partial charge in [-0.2, -0.15) is 0 Å². The summed E-state index contributed by atoms with van der Waals surface area (Å²) in [6, 6.07) is 8.25. The number of hydrogen-bond donors (Lipinski definition) is 1. The van der Waals surface area contributed by atoms with Crippen LogP contribution in [0, 0.1) is 5.92 Å². The molecule has 3 rings (SSSR count). The summed E-state index contributed by atoms with van der Waals surface area (Å²) in [5.41, 5.74) is 2.38. The second-order valence-electron chi connectivity index (χ2n) is 8.01. The average Bonchev–Trinajstić information content (AvgIpc) is 3.31. The Morgan fingerprint density at radius 1 is 1.08 bits per heavy atom. The van der Waals surface area contributed by atoms with E-state index in [2.05, 4.69) is 36.5 Å². The van der Waals surface area contributed by atoms with Crippen molar-refractivity contribution in [2.75, 3.05) is 0 Å². The number of rotatable bonds is 8. The van der Waals surface area contributed by atoms with E-state index in [0.717, 1.165) is 37.7 Å². The lowest BCUT2D eigenvalue weighted by Crippen LogP contribution is -2.49. The summed E-state index contributed by atoms with van der Waals surface area (Å²) in [5, 5.41) is 3.15. The zero-order valence-electron chi connectivity index (χ0n) is 16.2. The van der Waals surface area contributed by atoms with Gasteiger partial charge in [0.25, 0.3) is 0 Å². The van der Waals surface area contributed by atoms with Gasteiger partial charge in [-0.15, -0.1) is 0 Å². The molecule has 0 spiro atoms. The van der Waals surface area contributed by atoms with Gasteiger partial charge >= 0.3 is 0 Å². The molecule has 2 amide bonds. The molecule has 2 aliphatic carbocycles.